The van der Waals surface area contributed by atoms with E-state index in [4.69, 9.17) is 4.74 Å². The molecule has 1 aliphatic rings. The van der Waals surface area contributed by atoms with Crippen molar-refractivity contribution in [1.82, 2.24) is 9.88 Å². The van der Waals surface area contributed by atoms with Crippen LogP contribution in [-0.4, -0.2) is 47.1 Å². The number of ether oxygens (including phenoxy) is 1. The molecule has 1 heterocycles. The number of para-hydroxylation sites is 1. The first kappa shape index (κ1) is 18.3. The third-order valence-electron chi connectivity index (χ3n) is 4.54. The van der Waals surface area contributed by atoms with Gasteiger partial charge in [-0.3, -0.25) is 4.79 Å². The van der Waals surface area contributed by atoms with E-state index in [9.17, 15) is 22.8 Å². The lowest BCUT2D eigenvalue weighted by atomic mass is 10.2. The Hall–Kier alpha value is -2.51. The minimum Gasteiger partial charge on any atom is -0.451 e. The van der Waals surface area contributed by atoms with Crippen molar-refractivity contribution >= 4 is 22.8 Å². The molecule has 3 rings (SSSR count). The summed E-state index contributed by atoms with van der Waals surface area (Å²) >= 11 is 0. The fourth-order valence-electron chi connectivity index (χ4n) is 2.96. The zero-order valence-electron chi connectivity index (χ0n) is 14.2. The molecule has 5 nitrogen and oxygen atoms in total. The Morgan fingerprint density at radius 1 is 1.31 bits per heavy atom. The number of nitrogens with zero attached hydrogens (tertiary/aromatic N) is 1. The molecule has 1 N–H and O–H groups in total. The summed E-state index contributed by atoms with van der Waals surface area (Å²) in [4.78, 5) is 28.0. The third kappa shape index (κ3) is 4.36. The second-order valence-corrected chi connectivity index (χ2v) is 6.56. The van der Waals surface area contributed by atoms with Crippen molar-refractivity contribution in [2.45, 2.75) is 32.0 Å². The number of amides is 1. The number of H-pyrrole nitrogens is 1. The number of aromatic nitrogens is 1. The van der Waals surface area contributed by atoms with E-state index in [1.165, 1.54) is 0 Å². The maximum atomic E-state index is 12.8. The van der Waals surface area contributed by atoms with E-state index in [1.54, 1.807) is 31.2 Å². The molecule has 1 saturated carbocycles. The quantitative estimate of drug-likeness (QED) is 0.794. The average Bonchev–Trinajstić information content (AvgIpc) is 3.34. The summed E-state index contributed by atoms with van der Waals surface area (Å²) in [5.41, 5.74) is 0.878. The molecule has 1 amide bonds. The number of halogens is 3. The van der Waals surface area contributed by atoms with E-state index < -0.39 is 37.2 Å². The van der Waals surface area contributed by atoms with E-state index in [1.807, 2.05) is 6.07 Å². The van der Waals surface area contributed by atoms with Crippen LogP contribution in [0, 0.1) is 5.92 Å². The van der Waals surface area contributed by atoms with Gasteiger partial charge in [0.2, 0.25) is 0 Å². The van der Waals surface area contributed by atoms with E-state index in [0.29, 0.717) is 0 Å². The molecule has 8 heteroatoms. The van der Waals surface area contributed by atoms with Gasteiger partial charge in [-0.25, -0.2) is 4.79 Å². The largest absolute Gasteiger partial charge is 0.451 e. The van der Waals surface area contributed by atoms with Crippen molar-refractivity contribution in [2.24, 2.45) is 5.92 Å². The zero-order chi connectivity index (χ0) is 18.9. The van der Waals surface area contributed by atoms with Gasteiger partial charge < -0.3 is 14.6 Å². The number of nitrogens with one attached hydrogen (secondary N) is 1. The number of aromatic amines is 1. The second kappa shape index (κ2) is 7.01. The average molecular weight is 368 g/mol. The predicted octanol–water partition coefficient (Wildman–Crippen LogP) is 3.51. The highest BCUT2D eigenvalue weighted by Crippen LogP contribution is 2.36. The molecular formula is C18H19F3N2O3. The lowest BCUT2D eigenvalue weighted by Gasteiger charge is -2.30. The molecule has 1 aromatic carbocycles. The van der Waals surface area contributed by atoms with Crippen LogP contribution in [0.2, 0.25) is 0 Å². The highest BCUT2D eigenvalue weighted by Gasteiger charge is 2.40. The standard InChI is InChI=1S/C18H19F3N2O3/c1-11(12-6-7-12)23(10-18(19,20)21)16(24)9-26-17(25)15-8-13-4-2-3-5-14(13)22-15/h2-5,8,11-12,22H,6-7,9-10H2,1H3/t11-/m0/s1. The van der Waals surface area contributed by atoms with Gasteiger partial charge in [0.05, 0.1) is 0 Å². The maximum absolute atomic E-state index is 12.8. The zero-order valence-corrected chi connectivity index (χ0v) is 14.2. The van der Waals surface area contributed by atoms with Gasteiger partial charge in [-0.05, 0) is 37.8 Å². The molecule has 2 aromatic rings. The van der Waals surface area contributed by atoms with Gasteiger partial charge in [0.1, 0.15) is 12.2 Å². The van der Waals surface area contributed by atoms with Crippen LogP contribution >= 0.6 is 0 Å². The number of rotatable bonds is 6. The fourth-order valence-corrected chi connectivity index (χ4v) is 2.96. The Morgan fingerprint density at radius 2 is 2.00 bits per heavy atom. The summed E-state index contributed by atoms with van der Waals surface area (Å²) in [6, 6.07) is 8.23. The minimum atomic E-state index is -4.50. The first-order valence-corrected chi connectivity index (χ1v) is 8.36. The highest BCUT2D eigenvalue weighted by molar-refractivity contribution is 5.95. The fraction of sp³-hybridized carbons (Fsp3) is 0.444. The molecule has 0 unspecified atom stereocenters. The van der Waals surface area contributed by atoms with Gasteiger partial charge in [0.25, 0.3) is 5.91 Å². The van der Waals surface area contributed by atoms with Crippen LogP contribution in [0.5, 0.6) is 0 Å². The summed E-state index contributed by atoms with van der Waals surface area (Å²) in [6.45, 7) is -0.463. The molecule has 0 aliphatic heterocycles. The molecule has 1 aliphatic carbocycles. The first-order chi connectivity index (χ1) is 12.2. The molecule has 0 saturated heterocycles. The monoisotopic (exact) mass is 368 g/mol. The molecule has 1 atom stereocenters. The van der Waals surface area contributed by atoms with E-state index in [0.717, 1.165) is 28.6 Å². The summed E-state index contributed by atoms with van der Waals surface area (Å²) in [7, 11) is 0. The van der Waals surface area contributed by atoms with Crippen LogP contribution in [0.25, 0.3) is 10.9 Å². The number of hydrogen-bond acceptors (Lipinski definition) is 3. The van der Waals surface area contributed by atoms with Crippen molar-refractivity contribution < 1.29 is 27.5 Å². The lowest BCUT2D eigenvalue weighted by Crippen LogP contribution is -2.47. The van der Waals surface area contributed by atoms with Gasteiger partial charge in [0, 0.05) is 16.9 Å². The van der Waals surface area contributed by atoms with E-state index >= 15 is 0 Å². The van der Waals surface area contributed by atoms with Crippen LogP contribution < -0.4 is 0 Å². The summed E-state index contributed by atoms with van der Waals surface area (Å²) in [5.74, 6) is -1.54. The molecular weight excluding hydrogens is 349 g/mol. The number of carbonyl (C=O) groups is 2. The number of esters is 1. The maximum Gasteiger partial charge on any atom is 0.406 e. The van der Waals surface area contributed by atoms with Gasteiger partial charge in [-0.1, -0.05) is 18.2 Å². The molecule has 0 radical (unpaired) electrons. The summed E-state index contributed by atoms with van der Waals surface area (Å²) in [5, 5.41) is 0.798. The number of alkyl halides is 3. The molecule has 1 aromatic heterocycles. The Bertz CT molecular complexity index is 778. The number of hydrogen-bond donors (Lipinski definition) is 1. The van der Waals surface area contributed by atoms with Crippen LogP contribution in [0.4, 0.5) is 13.2 Å². The van der Waals surface area contributed by atoms with Crippen LogP contribution in [0.15, 0.2) is 30.3 Å². The van der Waals surface area contributed by atoms with Crippen molar-refractivity contribution in [3.8, 4) is 0 Å². The lowest BCUT2D eigenvalue weighted by molar-refractivity contribution is -0.167. The Balaban J connectivity index is 1.63. The summed E-state index contributed by atoms with van der Waals surface area (Å²) in [6.07, 6.45) is -2.89. The van der Waals surface area contributed by atoms with Crippen LogP contribution in [-0.2, 0) is 9.53 Å². The minimum absolute atomic E-state index is 0.0747. The first-order valence-electron chi connectivity index (χ1n) is 8.36. The van der Waals surface area contributed by atoms with Crippen molar-refractivity contribution in [2.75, 3.05) is 13.2 Å². The Morgan fingerprint density at radius 3 is 2.62 bits per heavy atom. The Kier molecular flexibility index (Phi) is 4.93. The topological polar surface area (TPSA) is 62.4 Å². The van der Waals surface area contributed by atoms with E-state index in [2.05, 4.69) is 4.98 Å². The Labute approximate surface area is 148 Å². The molecule has 140 valence electrons. The molecule has 0 bridgehead atoms. The molecule has 0 spiro atoms. The predicted molar refractivity (Wildman–Crippen MR) is 88.5 cm³/mol. The third-order valence-corrected chi connectivity index (χ3v) is 4.54. The number of benzene rings is 1. The smallest absolute Gasteiger partial charge is 0.406 e. The van der Waals surface area contributed by atoms with Gasteiger partial charge >= 0.3 is 12.1 Å². The van der Waals surface area contributed by atoms with Crippen LogP contribution in [0.3, 0.4) is 0 Å². The normalized spacial score (nSPS) is 15.7. The van der Waals surface area contributed by atoms with Gasteiger partial charge in [0.15, 0.2) is 6.61 Å². The SMILES string of the molecule is C[C@@H](C1CC1)N(CC(F)(F)F)C(=O)COC(=O)c1cc2ccccc2[nH]1. The van der Waals surface area contributed by atoms with Crippen molar-refractivity contribution in [3.05, 3.63) is 36.0 Å². The van der Waals surface area contributed by atoms with Crippen molar-refractivity contribution in [1.29, 1.82) is 0 Å². The van der Waals surface area contributed by atoms with Gasteiger partial charge in [-0.15, -0.1) is 0 Å². The summed E-state index contributed by atoms with van der Waals surface area (Å²) < 4.78 is 43.3. The van der Waals surface area contributed by atoms with Gasteiger partial charge in [-0.2, -0.15) is 13.2 Å². The second-order valence-electron chi connectivity index (χ2n) is 6.56. The highest BCUT2D eigenvalue weighted by atomic mass is 19.4. The van der Waals surface area contributed by atoms with Crippen LogP contribution in [0.1, 0.15) is 30.3 Å². The van der Waals surface area contributed by atoms with Crippen molar-refractivity contribution in [3.63, 3.8) is 0 Å². The number of fused-ring (bicyclic) bond motifs is 1. The molecule has 26 heavy (non-hydrogen) atoms. The molecule has 1 fully saturated rings. The van der Waals surface area contributed by atoms with E-state index in [-0.39, 0.29) is 11.6 Å². The number of carbonyl (C=O) groups excluding carboxylic acids is 2.